The summed E-state index contributed by atoms with van der Waals surface area (Å²) in [6, 6.07) is 12.0. The second-order valence-electron chi connectivity index (χ2n) is 6.43. The number of benzene rings is 2. The molecule has 1 aliphatic heterocycles. The summed E-state index contributed by atoms with van der Waals surface area (Å²) in [5.41, 5.74) is 1.47. The molecule has 0 radical (unpaired) electrons. The van der Waals surface area contributed by atoms with E-state index in [1.807, 2.05) is 19.1 Å². The number of hydrogen-bond acceptors (Lipinski definition) is 4. The zero-order valence-corrected chi connectivity index (χ0v) is 18.6. The van der Waals surface area contributed by atoms with E-state index in [-0.39, 0.29) is 23.9 Å². The summed E-state index contributed by atoms with van der Waals surface area (Å²) in [6.45, 7) is 2.04. The van der Waals surface area contributed by atoms with Crippen molar-refractivity contribution < 1.29 is 14.3 Å². The van der Waals surface area contributed by atoms with E-state index in [0.29, 0.717) is 32.9 Å². The fraction of sp³-hybridized carbons (Fsp3) is 0.300. The molecule has 2 atom stereocenters. The minimum Gasteiger partial charge on any atom is -0.447 e. The Bertz CT molecular complexity index is 895. The first-order valence-electron chi connectivity index (χ1n) is 8.96. The van der Waals surface area contributed by atoms with Gasteiger partial charge in [-0.1, -0.05) is 53.9 Å². The molecular weight excluding hydrogens is 455 g/mol. The number of halogens is 3. The van der Waals surface area contributed by atoms with Crippen molar-refractivity contribution in [2.75, 3.05) is 17.7 Å². The fourth-order valence-electron chi connectivity index (χ4n) is 3.01. The molecule has 0 aromatic heterocycles. The Labute approximate surface area is 188 Å². The molecule has 2 aromatic carbocycles. The Kier molecular flexibility index (Phi) is 7.57. The van der Waals surface area contributed by atoms with Crippen molar-refractivity contribution in [1.82, 2.24) is 4.90 Å². The Morgan fingerprint density at radius 1 is 1.21 bits per heavy atom. The number of carbonyl (C=O) groups excluding carboxylic acids is 2. The highest BCUT2D eigenvalue weighted by Crippen LogP contribution is 2.40. The first-order chi connectivity index (χ1) is 13.9. The van der Waals surface area contributed by atoms with E-state index in [4.69, 9.17) is 39.5 Å². The maximum absolute atomic E-state index is 12.5. The van der Waals surface area contributed by atoms with Gasteiger partial charge in [0.1, 0.15) is 12.0 Å². The van der Waals surface area contributed by atoms with Crippen LogP contribution in [0.1, 0.15) is 24.3 Å². The van der Waals surface area contributed by atoms with Gasteiger partial charge in [-0.15, -0.1) is 11.8 Å². The van der Waals surface area contributed by atoms with Crippen LogP contribution in [0, 0.1) is 0 Å². The van der Waals surface area contributed by atoms with Gasteiger partial charge in [-0.2, -0.15) is 0 Å². The van der Waals surface area contributed by atoms with Crippen molar-refractivity contribution in [3.05, 3.63) is 63.1 Å². The molecule has 1 aliphatic rings. The van der Waals surface area contributed by atoms with Crippen molar-refractivity contribution in [2.45, 2.75) is 24.8 Å². The van der Waals surface area contributed by atoms with Crippen LogP contribution >= 0.6 is 46.6 Å². The fourth-order valence-corrected chi connectivity index (χ4v) is 4.68. The lowest BCUT2D eigenvalue weighted by Gasteiger charge is -2.32. The van der Waals surface area contributed by atoms with Gasteiger partial charge < -0.3 is 9.64 Å². The number of carbonyl (C=O) groups is 2. The number of hydrogen-bond donors (Lipinski definition) is 1. The maximum Gasteiger partial charge on any atom is 0.411 e. The molecule has 3 rings (SSSR count). The van der Waals surface area contributed by atoms with Gasteiger partial charge in [-0.3, -0.25) is 10.1 Å². The molecule has 2 amide bonds. The van der Waals surface area contributed by atoms with E-state index < -0.39 is 6.09 Å². The predicted octanol–water partition coefficient (Wildman–Crippen LogP) is 6.25. The summed E-state index contributed by atoms with van der Waals surface area (Å²) < 4.78 is 5.38. The molecule has 0 aliphatic carbocycles. The van der Waals surface area contributed by atoms with Gasteiger partial charge in [0.15, 0.2) is 0 Å². The van der Waals surface area contributed by atoms with Crippen LogP contribution < -0.4 is 5.32 Å². The van der Waals surface area contributed by atoms with E-state index in [1.54, 1.807) is 47.0 Å². The van der Waals surface area contributed by atoms with Gasteiger partial charge in [-0.05, 0) is 42.3 Å². The van der Waals surface area contributed by atoms with E-state index in [2.05, 4.69) is 5.32 Å². The molecule has 1 fully saturated rings. The van der Waals surface area contributed by atoms with Gasteiger partial charge in [0.05, 0.1) is 21.8 Å². The Morgan fingerprint density at radius 2 is 1.93 bits per heavy atom. The largest absolute Gasteiger partial charge is 0.447 e. The van der Waals surface area contributed by atoms with Crippen molar-refractivity contribution in [2.24, 2.45) is 0 Å². The van der Waals surface area contributed by atoms with Gasteiger partial charge in [-0.25, -0.2) is 4.79 Å². The summed E-state index contributed by atoms with van der Waals surface area (Å²) in [6.07, 6.45) is 0.0281. The smallest absolute Gasteiger partial charge is 0.411 e. The van der Waals surface area contributed by atoms with Crippen LogP contribution in [-0.2, 0) is 9.53 Å². The first kappa shape index (κ1) is 22.1. The second-order valence-corrected chi connectivity index (χ2v) is 8.75. The standard InChI is InChI=1S/C20H19Cl3N2O3S/c1-2-15(10-28-20(27)24-14-7-8-16(22)17(23)9-14)25-18(26)11-29-19(25)12-3-5-13(21)6-4-12/h3-9,15,19H,2,10-11H2,1H3,(H,24,27)/t15-,19-/m0/s1. The van der Waals surface area contributed by atoms with E-state index in [9.17, 15) is 9.59 Å². The van der Waals surface area contributed by atoms with Crippen LogP contribution in [0.4, 0.5) is 10.5 Å². The highest BCUT2D eigenvalue weighted by atomic mass is 35.5. The van der Waals surface area contributed by atoms with Gasteiger partial charge >= 0.3 is 6.09 Å². The summed E-state index contributed by atoms with van der Waals surface area (Å²) in [7, 11) is 0. The number of thioether (sulfide) groups is 1. The molecule has 0 spiro atoms. The number of rotatable bonds is 6. The van der Waals surface area contributed by atoms with Crippen LogP contribution in [0.15, 0.2) is 42.5 Å². The van der Waals surface area contributed by atoms with Crippen molar-refractivity contribution >= 4 is 64.3 Å². The molecular formula is C20H19Cl3N2O3S. The monoisotopic (exact) mass is 472 g/mol. The van der Waals surface area contributed by atoms with Gasteiger partial charge in [0, 0.05) is 10.7 Å². The molecule has 0 saturated carbocycles. The lowest BCUT2D eigenvalue weighted by Crippen LogP contribution is -2.41. The van der Waals surface area contributed by atoms with Crippen LogP contribution in [0.3, 0.4) is 0 Å². The molecule has 5 nitrogen and oxygen atoms in total. The SMILES string of the molecule is CC[C@@H](COC(=O)Nc1ccc(Cl)c(Cl)c1)N1C(=O)CS[C@H]1c1ccc(Cl)cc1. The minimum atomic E-state index is -0.621. The minimum absolute atomic E-state index is 0.0234. The quantitative estimate of drug-likeness (QED) is 0.539. The molecule has 1 heterocycles. The molecule has 1 saturated heterocycles. The Balaban J connectivity index is 1.64. The van der Waals surface area contributed by atoms with Crippen LogP contribution in [-0.4, -0.2) is 35.3 Å². The summed E-state index contributed by atoms with van der Waals surface area (Å²) in [5.74, 6) is 0.412. The normalized spacial score (nSPS) is 17.3. The summed E-state index contributed by atoms with van der Waals surface area (Å²) >= 11 is 19.4. The third-order valence-corrected chi connectivity index (χ3v) is 6.72. The molecule has 0 unspecified atom stereocenters. The van der Waals surface area contributed by atoms with E-state index in [0.717, 1.165) is 5.56 Å². The molecule has 154 valence electrons. The molecule has 1 N–H and O–H groups in total. The lowest BCUT2D eigenvalue weighted by molar-refractivity contribution is -0.131. The topological polar surface area (TPSA) is 58.6 Å². The first-order valence-corrected chi connectivity index (χ1v) is 11.1. The van der Waals surface area contributed by atoms with Crippen LogP contribution in [0.5, 0.6) is 0 Å². The third-order valence-electron chi connectivity index (χ3n) is 4.50. The highest BCUT2D eigenvalue weighted by molar-refractivity contribution is 8.00. The number of amides is 2. The van der Waals surface area contributed by atoms with Crippen molar-refractivity contribution in [1.29, 1.82) is 0 Å². The number of anilines is 1. The summed E-state index contributed by atoms with van der Waals surface area (Å²) in [5, 5.41) is 3.86. The maximum atomic E-state index is 12.5. The van der Waals surface area contributed by atoms with Gasteiger partial charge in [0.25, 0.3) is 0 Å². The lowest BCUT2D eigenvalue weighted by atomic mass is 10.1. The Morgan fingerprint density at radius 3 is 2.59 bits per heavy atom. The number of nitrogens with one attached hydrogen (secondary N) is 1. The third kappa shape index (κ3) is 5.51. The zero-order valence-electron chi connectivity index (χ0n) is 15.5. The average molecular weight is 474 g/mol. The Hall–Kier alpha value is -1.60. The molecule has 2 aromatic rings. The zero-order chi connectivity index (χ0) is 21.0. The second kappa shape index (κ2) is 9.94. The predicted molar refractivity (Wildman–Crippen MR) is 119 cm³/mol. The van der Waals surface area contributed by atoms with Gasteiger partial charge in [0.2, 0.25) is 5.91 Å². The number of ether oxygens (including phenoxy) is 1. The average Bonchev–Trinajstić information content (AvgIpc) is 3.07. The van der Waals surface area contributed by atoms with Crippen molar-refractivity contribution in [3.8, 4) is 0 Å². The van der Waals surface area contributed by atoms with E-state index in [1.165, 1.54) is 0 Å². The summed E-state index contributed by atoms with van der Waals surface area (Å²) in [4.78, 5) is 26.5. The number of nitrogens with zero attached hydrogens (tertiary/aromatic N) is 1. The van der Waals surface area contributed by atoms with Crippen LogP contribution in [0.2, 0.25) is 15.1 Å². The highest BCUT2D eigenvalue weighted by Gasteiger charge is 2.37. The molecule has 0 bridgehead atoms. The van der Waals surface area contributed by atoms with Crippen LogP contribution in [0.25, 0.3) is 0 Å². The van der Waals surface area contributed by atoms with Crippen molar-refractivity contribution in [3.63, 3.8) is 0 Å². The molecule has 29 heavy (non-hydrogen) atoms. The van der Waals surface area contributed by atoms with E-state index >= 15 is 0 Å². The molecule has 9 heteroatoms.